The van der Waals surface area contributed by atoms with E-state index in [1.54, 1.807) is 7.11 Å². The summed E-state index contributed by atoms with van der Waals surface area (Å²) in [4.78, 5) is 11.0. The lowest BCUT2D eigenvalue weighted by molar-refractivity contribution is -0.496. The average Bonchev–Trinajstić information content (AvgIpc) is 2.16. The van der Waals surface area contributed by atoms with Crippen LogP contribution in [-0.4, -0.2) is 11.9 Å². The Morgan fingerprint density at radius 1 is 1.46 bits per heavy atom. The van der Waals surface area contributed by atoms with Crippen LogP contribution in [0.2, 0.25) is 0 Å². The molecule has 0 aliphatic carbocycles. The molecule has 0 saturated carbocycles. The Balaban J connectivity index is 2.46. The molecule has 0 atom stereocenters. The Morgan fingerprint density at radius 2 is 2.31 bits per heavy atom. The van der Waals surface area contributed by atoms with Crippen molar-refractivity contribution in [2.75, 3.05) is 7.11 Å². The zero-order valence-corrected chi connectivity index (χ0v) is 7.36. The van der Waals surface area contributed by atoms with Crippen LogP contribution in [0.25, 0.3) is 6.08 Å². The molecule has 3 nitrogen and oxygen atoms in total. The summed E-state index contributed by atoms with van der Waals surface area (Å²) in [6, 6.07) is 5.74. The Hall–Kier alpha value is -1.64. The van der Waals surface area contributed by atoms with Crippen molar-refractivity contribution in [3.63, 3.8) is 0 Å². The Bertz CT molecular complexity index is 383. The molecule has 0 bridgehead atoms. The Kier molecular flexibility index (Phi) is 1.85. The van der Waals surface area contributed by atoms with Crippen molar-refractivity contribution in [3.05, 3.63) is 40.4 Å². The van der Waals surface area contributed by atoms with E-state index in [4.69, 9.17) is 4.74 Å². The number of hydrogen-bond acceptors (Lipinski definition) is 2. The summed E-state index contributed by atoms with van der Waals surface area (Å²) in [6.07, 6.45) is 3.35. The number of methoxy groups -OCH3 is 1. The van der Waals surface area contributed by atoms with Gasteiger partial charge in [-0.2, -0.15) is 0 Å². The predicted octanol–water partition coefficient (Wildman–Crippen LogP) is 1.96. The minimum Gasteiger partial charge on any atom is -0.497 e. The summed E-state index contributed by atoms with van der Waals surface area (Å²) in [6.45, 7) is 0.406. The van der Waals surface area contributed by atoms with Crippen molar-refractivity contribution < 1.29 is 9.50 Å². The van der Waals surface area contributed by atoms with Crippen LogP contribution in [0.15, 0.2) is 24.4 Å². The van der Waals surface area contributed by atoms with Crippen molar-refractivity contribution in [2.24, 2.45) is 0 Å². The van der Waals surface area contributed by atoms with Gasteiger partial charge in [-0.25, -0.2) is 0 Å². The summed E-state index contributed by atoms with van der Waals surface area (Å²) < 4.78 is 5.98. The Labute approximate surface area is 76.2 Å². The minimum atomic E-state index is 0.406. The van der Waals surface area contributed by atoms with Gasteiger partial charge in [-0.15, -0.1) is 0 Å². The van der Waals surface area contributed by atoms with Crippen LogP contribution in [0.4, 0.5) is 0 Å². The molecule has 66 valence electrons. The third kappa shape index (κ3) is 1.45. The number of rotatable bonds is 1. The second kappa shape index (κ2) is 3.01. The first kappa shape index (κ1) is 7.98. The molecular weight excluding hydrogens is 166 g/mol. The number of benzene rings is 1. The van der Waals surface area contributed by atoms with E-state index in [1.165, 1.54) is 6.20 Å². The van der Waals surface area contributed by atoms with Gasteiger partial charge in [0.1, 0.15) is 5.75 Å². The van der Waals surface area contributed by atoms with Gasteiger partial charge in [0.05, 0.1) is 7.11 Å². The van der Waals surface area contributed by atoms with Gasteiger partial charge >= 0.3 is 0 Å². The van der Waals surface area contributed by atoms with Crippen LogP contribution in [-0.2, 0) is 6.54 Å². The third-order valence-electron chi connectivity index (χ3n) is 2.10. The molecule has 0 N–H and O–H groups in total. The number of nitrogens with zero attached hydrogens (tertiary/aromatic N) is 1. The van der Waals surface area contributed by atoms with Crippen LogP contribution in [0.3, 0.4) is 0 Å². The topological polar surface area (TPSA) is 29.3 Å². The number of nitroso groups, excluding NO2 is 1. The zero-order valence-electron chi connectivity index (χ0n) is 7.36. The normalized spacial score (nSPS) is 14.1. The van der Waals surface area contributed by atoms with Gasteiger partial charge in [-0.3, -0.25) is 0 Å². The standard InChI is InChI=1S/C10H10NO2/c1-13-10-3-2-8-4-5-11(12)7-9(8)6-10/h2-6H,7H2,1H3/q+1. The largest absolute Gasteiger partial charge is 0.497 e. The maximum atomic E-state index is 11.0. The van der Waals surface area contributed by atoms with Gasteiger partial charge in [-0.05, 0) is 17.7 Å². The first-order valence-corrected chi connectivity index (χ1v) is 4.08. The second-order valence-electron chi connectivity index (χ2n) is 2.96. The van der Waals surface area contributed by atoms with Gasteiger partial charge in [0.15, 0.2) is 0 Å². The molecule has 2 rings (SSSR count). The van der Waals surface area contributed by atoms with Crippen molar-refractivity contribution in [1.82, 2.24) is 0 Å². The van der Waals surface area contributed by atoms with Crippen LogP contribution in [0.5, 0.6) is 5.75 Å². The van der Waals surface area contributed by atoms with Gasteiger partial charge in [-0.1, -0.05) is 6.07 Å². The average molecular weight is 176 g/mol. The van der Waals surface area contributed by atoms with Gasteiger partial charge in [0.2, 0.25) is 12.7 Å². The molecule has 0 unspecified atom stereocenters. The third-order valence-corrected chi connectivity index (χ3v) is 2.10. The smallest absolute Gasteiger partial charge is 0.224 e. The van der Waals surface area contributed by atoms with Crippen molar-refractivity contribution in [1.29, 1.82) is 0 Å². The van der Waals surface area contributed by atoms with E-state index >= 15 is 0 Å². The van der Waals surface area contributed by atoms with Crippen molar-refractivity contribution in [2.45, 2.75) is 6.54 Å². The lowest BCUT2D eigenvalue weighted by Crippen LogP contribution is -2.06. The number of hydrogen-bond donors (Lipinski definition) is 0. The molecule has 13 heavy (non-hydrogen) atoms. The molecule has 1 aliphatic rings. The van der Waals surface area contributed by atoms with Gasteiger partial charge in [0.25, 0.3) is 0 Å². The molecule has 1 aromatic rings. The fourth-order valence-electron chi connectivity index (χ4n) is 1.39. The first-order chi connectivity index (χ1) is 6.29. The van der Waals surface area contributed by atoms with Crippen LogP contribution in [0, 0.1) is 4.91 Å². The van der Waals surface area contributed by atoms with E-state index < -0.39 is 0 Å². The molecule has 1 aliphatic heterocycles. The van der Waals surface area contributed by atoms with Gasteiger partial charge < -0.3 is 4.74 Å². The number of fused-ring (bicyclic) bond motifs is 1. The summed E-state index contributed by atoms with van der Waals surface area (Å²) in [7, 11) is 1.62. The van der Waals surface area contributed by atoms with Crippen molar-refractivity contribution in [3.8, 4) is 5.75 Å². The highest BCUT2D eigenvalue weighted by atomic mass is 16.5. The molecule has 1 aromatic carbocycles. The summed E-state index contributed by atoms with van der Waals surface area (Å²) in [5.74, 6) is 0.794. The van der Waals surface area contributed by atoms with Crippen LogP contribution < -0.4 is 4.74 Å². The Morgan fingerprint density at radius 3 is 3.08 bits per heavy atom. The zero-order chi connectivity index (χ0) is 9.26. The maximum absolute atomic E-state index is 11.0. The summed E-state index contributed by atoms with van der Waals surface area (Å²) in [5.41, 5.74) is 2.10. The second-order valence-corrected chi connectivity index (χ2v) is 2.96. The van der Waals surface area contributed by atoms with Gasteiger partial charge in [0, 0.05) is 21.3 Å². The molecule has 0 amide bonds. The minimum absolute atomic E-state index is 0.406. The molecular formula is C10H10NO2+. The van der Waals surface area contributed by atoms with E-state index in [-0.39, 0.29) is 0 Å². The van der Waals surface area contributed by atoms with E-state index in [9.17, 15) is 4.91 Å². The number of ether oxygens (including phenoxy) is 1. The highest BCUT2D eigenvalue weighted by Crippen LogP contribution is 2.22. The van der Waals surface area contributed by atoms with E-state index in [0.717, 1.165) is 21.6 Å². The fraction of sp³-hybridized carbons (Fsp3) is 0.200. The SMILES string of the molecule is COc1ccc2c(c1)C[N+](=O)C=C2. The van der Waals surface area contributed by atoms with Crippen LogP contribution in [0.1, 0.15) is 11.1 Å². The maximum Gasteiger partial charge on any atom is 0.224 e. The monoisotopic (exact) mass is 176 g/mol. The molecule has 3 heteroatoms. The highest BCUT2D eigenvalue weighted by Gasteiger charge is 2.15. The molecule has 1 heterocycles. The van der Waals surface area contributed by atoms with Crippen LogP contribution >= 0.6 is 0 Å². The quantitative estimate of drug-likeness (QED) is 0.612. The molecule has 0 spiro atoms. The molecule has 0 aromatic heterocycles. The molecule has 0 radical (unpaired) electrons. The van der Waals surface area contributed by atoms with Crippen molar-refractivity contribution >= 4 is 6.08 Å². The molecule has 0 saturated heterocycles. The lowest BCUT2D eigenvalue weighted by atomic mass is 10.1. The first-order valence-electron chi connectivity index (χ1n) is 4.08. The fourth-order valence-corrected chi connectivity index (χ4v) is 1.39. The van der Waals surface area contributed by atoms with E-state index in [2.05, 4.69) is 0 Å². The summed E-state index contributed by atoms with van der Waals surface area (Å²) in [5, 5.41) is 0. The summed E-state index contributed by atoms with van der Waals surface area (Å²) >= 11 is 0. The van der Waals surface area contributed by atoms with E-state index in [0.29, 0.717) is 6.54 Å². The van der Waals surface area contributed by atoms with E-state index in [1.807, 2.05) is 24.3 Å². The lowest BCUT2D eigenvalue weighted by Gasteiger charge is -2.06. The highest BCUT2D eigenvalue weighted by molar-refractivity contribution is 5.55. The molecule has 0 fully saturated rings. The predicted molar refractivity (Wildman–Crippen MR) is 49.4 cm³/mol.